The first-order chi connectivity index (χ1) is 8.35. The van der Waals surface area contributed by atoms with Gasteiger partial charge in [-0.05, 0) is 26.1 Å². The minimum absolute atomic E-state index is 0.337. The largest absolute Gasteiger partial charge is 0.544 e. The van der Waals surface area contributed by atoms with Crippen LogP contribution in [0.4, 0.5) is 0 Å². The Kier molecular flexibility index (Phi) is 4.73. The van der Waals surface area contributed by atoms with Crippen molar-refractivity contribution in [3.63, 3.8) is 0 Å². The molecule has 0 bridgehead atoms. The van der Waals surface area contributed by atoms with Gasteiger partial charge in [0.2, 0.25) is 8.32 Å². The Morgan fingerprint density at radius 2 is 1.78 bits per heavy atom. The van der Waals surface area contributed by atoms with E-state index in [0.29, 0.717) is 17.8 Å². The second-order valence-electron chi connectivity index (χ2n) is 5.05. The molecule has 0 aliphatic heterocycles. The van der Waals surface area contributed by atoms with Gasteiger partial charge in [-0.25, -0.2) is 4.79 Å². The third-order valence-electron chi connectivity index (χ3n) is 2.33. The van der Waals surface area contributed by atoms with Crippen LogP contribution >= 0.6 is 0 Å². The van der Waals surface area contributed by atoms with Gasteiger partial charge < -0.3 is 9.53 Å². The molecule has 0 unspecified atom stereocenters. The third kappa shape index (κ3) is 4.03. The second kappa shape index (κ2) is 5.86. The van der Waals surface area contributed by atoms with E-state index in [2.05, 4.69) is 0 Å². The molecule has 98 valence electrons. The third-order valence-corrected chi connectivity index (χ3v) is 3.15. The minimum Gasteiger partial charge on any atom is -0.544 e. The molecule has 0 saturated heterocycles. The van der Waals surface area contributed by atoms with Crippen LogP contribution in [-0.4, -0.2) is 19.4 Å². The molecular formula is C14H20O3Si. The van der Waals surface area contributed by atoms with Crippen molar-refractivity contribution in [3.8, 4) is 0 Å². The van der Waals surface area contributed by atoms with Crippen LogP contribution in [-0.2, 0) is 9.22 Å². The van der Waals surface area contributed by atoms with E-state index in [1.807, 2.05) is 56.9 Å². The van der Waals surface area contributed by atoms with Crippen molar-refractivity contribution in [1.82, 2.24) is 0 Å². The number of rotatable bonds is 5. The van der Waals surface area contributed by atoms with Crippen molar-refractivity contribution in [3.05, 3.63) is 41.5 Å². The van der Waals surface area contributed by atoms with E-state index in [1.54, 1.807) is 0 Å². The molecule has 0 spiro atoms. The zero-order valence-corrected chi connectivity index (χ0v) is 12.4. The summed E-state index contributed by atoms with van der Waals surface area (Å²) >= 11 is 0. The molecule has 1 rings (SSSR count). The summed E-state index contributed by atoms with van der Waals surface area (Å²) in [5, 5.41) is 9.28. The Morgan fingerprint density at radius 3 is 2.17 bits per heavy atom. The molecule has 18 heavy (non-hydrogen) atoms. The molecule has 0 radical (unpaired) electrons. The molecular weight excluding hydrogens is 244 g/mol. The lowest BCUT2D eigenvalue weighted by molar-refractivity contribution is -0.132. The van der Waals surface area contributed by atoms with Crippen molar-refractivity contribution in [2.75, 3.05) is 0 Å². The molecule has 0 atom stereocenters. The SMILES string of the molecule is CC/C(C(=O)O)=C(/O[Si](C)(C)C)c1ccccc1. The molecule has 0 aliphatic rings. The summed E-state index contributed by atoms with van der Waals surface area (Å²) in [7, 11) is -1.85. The lowest BCUT2D eigenvalue weighted by Crippen LogP contribution is -2.25. The van der Waals surface area contributed by atoms with Crippen molar-refractivity contribution in [2.45, 2.75) is 33.0 Å². The summed E-state index contributed by atoms with van der Waals surface area (Å²) in [5.41, 5.74) is 1.17. The van der Waals surface area contributed by atoms with E-state index in [4.69, 9.17) is 4.43 Å². The molecule has 0 amide bonds. The molecule has 0 heterocycles. The van der Waals surface area contributed by atoms with Gasteiger partial charge in [0.25, 0.3) is 0 Å². The van der Waals surface area contributed by atoms with E-state index < -0.39 is 14.3 Å². The van der Waals surface area contributed by atoms with E-state index in [-0.39, 0.29) is 0 Å². The molecule has 3 nitrogen and oxygen atoms in total. The fraction of sp³-hybridized carbons (Fsp3) is 0.357. The topological polar surface area (TPSA) is 46.5 Å². The number of benzene rings is 1. The molecule has 1 aromatic rings. The van der Waals surface area contributed by atoms with E-state index in [0.717, 1.165) is 5.56 Å². The first kappa shape index (κ1) is 14.5. The van der Waals surface area contributed by atoms with Gasteiger partial charge in [-0.2, -0.15) is 0 Å². The summed E-state index contributed by atoms with van der Waals surface area (Å²) in [4.78, 5) is 11.3. The van der Waals surface area contributed by atoms with Crippen LogP contribution < -0.4 is 0 Å². The van der Waals surface area contributed by atoms with Gasteiger partial charge in [-0.15, -0.1) is 0 Å². The Balaban J connectivity index is 3.31. The first-order valence-corrected chi connectivity index (χ1v) is 9.47. The molecule has 0 fully saturated rings. The summed E-state index contributed by atoms with van der Waals surface area (Å²) in [6, 6.07) is 9.44. The molecule has 0 aliphatic carbocycles. The first-order valence-electron chi connectivity index (χ1n) is 6.06. The Hall–Kier alpha value is -1.55. The van der Waals surface area contributed by atoms with Crippen LogP contribution in [0.5, 0.6) is 0 Å². The Labute approximate surface area is 109 Å². The van der Waals surface area contributed by atoms with E-state index >= 15 is 0 Å². The monoisotopic (exact) mass is 264 g/mol. The molecule has 4 heteroatoms. The van der Waals surface area contributed by atoms with Gasteiger partial charge in [-0.3, -0.25) is 0 Å². The predicted octanol–water partition coefficient (Wildman–Crippen LogP) is 3.74. The highest BCUT2D eigenvalue weighted by molar-refractivity contribution is 6.70. The van der Waals surface area contributed by atoms with Gasteiger partial charge >= 0.3 is 5.97 Å². The quantitative estimate of drug-likeness (QED) is 0.500. The number of carboxylic acid groups (broad SMARTS) is 1. The van der Waals surface area contributed by atoms with Gasteiger partial charge in [0, 0.05) is 5.56 Å². The van der Waals surface area contributed by atoms with Crippen LogP contribution in [0.3, 0.4) is 0 Å². The van der Waals surface area contributed by atoms with Crippen LogP contribution in [0.1, 0.15) is 18.9 Å². The van der Waals surface area contributed by atoms with E-state index in [9.17, 15) is 9.90 Å². The van der Waals surface area contributed by atoms with Crippen LogP contribution in [0.25, 0.3) is 5.76 Å². The summed E-state index contributed by atoms with van der Waals surface area (Å²) in [6.07, 6.45) is 0.448. The van der Waals surface area contributed by atoms with Gasteiger partial charge in [-0.1, -0.05) is 37.3 Å². The Morgan fingerprint density at radius 1 is 1.22 bits per heavy atom. The lowest BCUT2D eigenvalue weighted by Gasteiger charge is -2.23. The highest BCUT2D eigenvalue weighted by Gasteiger charge is 2.23. The van der Waals surface area contributed by atoms with E-state index in [1.165, 1.54) is 0 Å². The Bertz CT molecular complexity index is 444. The normalized spacial score (nSPS) is 12.9. The summed E-state index contributed by atoms with van der Waals surface area (Å²) in [5.74, 6) is -0.389. The lowest BCUT2D eigenvalue weighted by atomic mass is 10.1. The maximum atomic E-state index is 11.3. The maximum absolute atomic E-state index is 11.3. The number of hydrogen-bond donors (Lipinski definition) is 1. The standard InChI is InChI=1S/C14H20O3Si/c1-5-12(14(15)16)13(17-18(2,3)4)11-9-7-6-8-10-11/h6-10H,5H2,1-4H3,(H,15,16)/b13-12-. The molecule has 0 aromatic heterocycles. The average molecular weight is 264 g/mol. The number of carboxylic acids is 1. The van der Waals surface area contributed by atoms with Crippen LogP contribution in [0, 0.1) is 0 Å². The maximum Gasteiger partial charge on any atom is 0.335 e. The van der Waals surface area contributed by atoms with Crippen molar-refractivity contribution in [2.24, 2.45) is 0 Å². The zero-order chi connectivity index (χ0) is 13.8. The average Bonchev–Trinajstić information content (AvgIpc) is 2.28. The van der Waals surface area contributed by atoms with Crippen molar-refractivity contribution < 1.29 is 14.3 Å². The highest BCUT2D eigenvalue weighted by Crippen LogP contribution is 2.26. The zero-order valence-electron chi connectivity index (χ0n) is 11.4. The van der Waals surface area contributed by atoms with Gasteiger partial charge in [0.05, 0.1) is 5.57 Å². The molecule has 1 aromatic carbocycles. The fourth-order valence-electron chi connectivity index (χ4n) is 1.60. The minimum atomic E-state index is -1.85. The number of aliphatic carboxylic acids is 1. The van der Waals surface area contributed by atoms with Crippen molar-refractivity contribution >= 4 is 20.0 Å². The summed E-state index contributed by atoms with van der Waals surface area (Å²) < 4.78 is 5.98. The highest BCUT2D eigenvalue weighted by atomic mass is 28.4. The van der Waals surface area contributed by atoms with Crippen LogP contribution in [0.2, 0.25) is 19.6 Å². The van der Waals surface area contributed by atoms with Crippen molar-refractivity contribution in [1.29, 1.82) is 0 Å². The number of hydrogen-bond acceptors (Lipinski definition) is 2. The van der Waals surface area contributed by atoms with Gasteiger partial charge in [0.1, 0.15) is 5.76 Å². The smallest absolute Gasteiger partial charge is 0.335 e. The fourth-order valence-corrected chi connectivity index (χ4v) is 2.45. The van der Waals surface area contributed by atoms with Gasteiger partial charge in [0.15, 0.2) is 0 Å². The number of carbonyl (C=O) groups is 1. The summed E-state index contributed by atoms with van der Waals surface area (Å²) in [6.45, 7) is 7.97. The predicted molar refractivity (Wildman–Crippen MR) is 75.7 cm³/mol. The molecule has 0 saturated carbocycles. The molecule has 1 N–H and O–H groups in total. The second-order valence-corrected chi connectivity index (χ2v) is 9.48. The van der Waals surface area contributed by atoms with Crippen LogP contribution in [0.15, 0.2) is 35.9 Å².